The van der Waals surface area contributed by atoms with Crippen molar-refractivity contribution in [3.8, 4) is 0 Å². The van der Waals surface area contributed by atoms with Gasteiger partial charge >= 0.3 is 0 Å². The van der Waals surface area contributed by atoms with Gasteiger partial charge in [-0.1, -0.05) is 68.4 Å². The van der Waals surface area contributed by atoms with Crippen LogP contribution < -0.4 is 10.6 Å². The van der Waals surface area contributed by atoms with Gasteiger partial charge in [0.1, 0.15) is 6.04 Å². The average molecular weight is 408 g/mol. The van der Waals surface area contributed by atoms with Crippen molar-refractivity contribution in [1.29, 1.82) is 0 Å². The van der Waals surface area contributed by atoms with Crippen molar-refractivity contribution in [2.45, 2.75) is 52.2 Å². The lowest BCUT2D eigenvalue weighted by Crippen LogP contribution is -2.40. The fraction of sp³-hybridized carbons (Fsp3) is 0.440. The molecule has 0 aliphatic carbocycles. The zero-order chi connectivity index (χ0) is 21.3. The van der Waals surface area contributed by atoms with E-state index in [1.807, 2.05) is 50.2 Å². The molecule has 0 bridgehead atoms. The third kappa shape index (κ3) is 6.42. The molecule has 1 unspecified atom stereocenters. The van der Waals surface area contributed by atoms with Crippen molar-refractivity contribution in [3.63, 3.8) is 0 Å². The lowest BCUT2D eigenvalue weighted by Gasteiger charge is -2.21. The number of carbonyl (C=O) groups excluding carboxylic acids is 2. The quantitative estimate of drug-likeness (QED) is 0.665. The van der Waals surface area contributed by atoms with Crippen LogP contribution in [0.5, 0.6) is 0 Å². The van der Waals surface area contributed by atoms with Crippen LogP contribution in [0, 0.1) is 5.92 Å². The van der Waals surface area contributed by atoms with E-state index in [1.54, 1.807) is 0 Å². The van der Waals surface area contributed by atoms with E-state index < -0.39 is 6.04 Å². The minimum absolute atomic E-state index is 0.108. The minimum Gasteiger partial charge on any atom is -0.350 e. The van der Waals surface area contributed by atoms with E-state index in [9.17, 15) is 9.59 Å². The second-order valence-corrected chi connectivity index (χ2v) is 8.48. The summed E-state index contributed by atoms with van der Waals surface area (Å²) in [4.78, 5) is 27.9. The molecule has 5 heteroatoms. The molecule has 1 aliphatic heterocycles. The van der Waals surface area contributed by atoms with Crippen LogP contribution in [0.1, 0.15) is 55.8 Å². The first-order valence-corrected chi connectivity index (χ1v) is 10.9. The van der Waals surface area contributed by atoms with Crippen LogP contribution in [0.3, 0.4) is 0 Å². The molecule has 2 N–H and O–H groups in total. The highest BCUT2D eigenvalue weighted by Crippen LogP contribution is 2.18. The maximum absolute atomic E-state index is 13.1. The Morgan fingerprint density at radius 1 is 0.933 bits per heavy atom. The number of likely N-dealkylation sites (tertiary alicyclic amines) is 1. The van der Waals surface area contributed by atoms with E-state index in [0.29, 0.717) is 13.0 Å². The molecule has 2 aromatic rings. The molecule has 1 heterocycles. The fourth-order valence-corrected chi connectivity index (χ4v) is 3.89. The topological polar surface area (TPSA) is 61.4 Å². The van der Waals surface area contributed by atoms with Gasteiger partial charge in [0.2, 0.25) is 11.8 Å². The van der Waals surface area contributed by atoms with Gasteiger partial charge in [0.15, 0.2) is 0 Å². The van der Waals surface area contributed by atoms with E-state index in [-0.39, 0.29) is 17.7 Å². The summed E-state index contributed by atoms with van der Waals surface area (Å²) in [5, 5.41) is 5.96. The largest absolute Gasteiger partial charge is 0.350 e. The molecule has 160 valence electrons. The molecule has 1 atom stereocenters. The number of hydrogen-bond acceptors (Lipinski definition) is 3. The molecule has 0 spiro atoms. The third-order valence-corrected chi connectivity index (χ3v) is 5.46. The van der Waals surface area contributed by atoms with Crippen LogP contribution in [-0.2, 0) is 22.7 Å². The van der Waals surface area contributed by atoms with Gasteiger partial charge < -0.3 is 10.6 Å². The Hall–Kier alpha value is -2.66. The monoisotopic (exact) mass is 407 g/mol. The summed E-state index contributed by atoms with van der Waals surface area (Å²) in [6.45, 7) is 7.63. The van der Waals surface area contributed by atoms with E-state index >= 15 is 0 Å². The minimum atomic E-state index is -0.691. The first kappa shape index (κ1) is 22.0. The summed E-state index contributed by atoms with van der Waals surface area (Å²) >= 11 is 0. The van der Waals surface area contributed by atoms with Crippen molar-refractivity contribution < 1.29 is 9.59 Å². The van der Waals surface area contributed by atoms with Crippen LogP contribution in [0.25, 0.3) is 0 Å². The Balaban J connectivity index is 1.68. The number of carbonyl (C=O) groups is 2. The van der Waals surface area contributed by atoms with E-state index in [4.69, 9.17) is 0 Å². The highest BCUT2D eigenvalue weighted by molar-refractivity contribution is 5.88. The number of hydrogen-bond donors (Lipinski definition) is 2. The Morgan fingerprint density at radius 3 is 2.23 bits per heavy atom. The SMILES string of the molecule is CC(C)CC(=O)NC(C(=O)NCc1ccccc1CN1CCCC1)c1ccccc1. The van der Waals surface area contributed by atoms with Crippen molar-refractivity contribution >= 4 is 11.8 Å². The van der Waals surface area contributed by atoms with Crippen molar-refractivity contribution in [3.05, 3.63) is 71.3 Å². The number of nitrogens with one attached hydrogen (secondary N) is 2. The van der Waals surface area contributed by atoms with Gasteiger partial charge in [0.05, 0.1) is 0 Å². The third-order valence-electron chi connectivity index (χ3n) is 5.46. The molecule has 5 nitrogen and oxygen atoms in total. The smallest absolute Gasteiger partial charge is 0.247 e. The Bertz CT molecular complexity index is 829. The second-order valence-electron chi connectivity index (χ2n) is 8.48. The lowest BCUT2D eigenvalue weighted by atomic mass is 10.0. The number of benzene rings is 2. The molecule has 0 saturated carbocycles. The Kier molecular flexibility index (Phi) is 8.03. The molecular formula is C25H33N3O2. The number of nitrogens with zero attached hydrogens (tertiary/aromatic N) is 1. The summed E-state index contributed by atoms with van der Waals surface area (Å²) < 4.78 is 0. The lowest BCUT2D eigenvalue weighted by molar-refractivity contribution is -0.129. The first-order chi connectivity index (χ1) is 14.5. The van der Waals surface area contributed by atoms with Crippen LogP contribution in [0.15, 0.2) is 54.6 Å². The molecule has 2 amide bonds. The highest BCUT2D eigenvalue weighted by atomic mass is 16.2. The van der Waals surface area contributed by atoms with Crippen LogP contribution in [-0.4, -0.2) is 29.8 Å². The second kappa shape index (κ2) is 10.9. The Labute approximate surface area is 179 Å². The van der Waals surface area contributed by atoms with Crippen LogP contribution in [0.2, 0.25) is 0 Å². The standard InChI is InChI=1S/C25H33N3O2/c1-19(2)16-23(29)27-24(20-10-4-3-5-11-20)25(30)26-17-21-12-6-7-13-22(21)18-28-14-8-9-15-28/h3-7,10-13,19,24H,8-9,14-18H2,1-2H3,(H,26,30)(H,27,29). The van der Waals surface area contributed by atoms with Gasteiger partial charge in [-0.15, -0.1) is 0 Å². The number of rotatable bonds is 9. The molecule has 1 fully saturated rings. The van der Waals surface area contributed by atoms with E-state index in [0.717, 1.165) is 30.8 Å². The van der Waals surface area contributed by atoms with Crippen LogP contribution in [0.4, 0.5) is 0 Å². The van der Waals surface area contributed by atoms with Gasteiger partial charge in [0.25, 0.3) is 0 Å². The zero-order valence-electron chi connectivity index (χ0n) is 18.1. The Morgan fingerprint density at radius 2 is 1.57 bits per heavy atom. The van der Waals surface area contributed by atoms with Gasteiger partial charge in [-0.3, -0.25) is 14.5 Å². The summed E-state index contributed by atoms with van der Waals surface area (Å²) in [6, 6.07) is 17.0. The molecule has 0 radical (unpaired) electrons. The summed E-state index contributed by atoms with van der Waals surface area (Å²) in [7, 11) is 0. The van der Waals surface area contributed by atoms with Crippen LogP contribution >= 0.6 is 0 Å². The molecular weight excluding hydrogens is 374 g/mol. The van der Waals surface area contributed by atoms with E-state index in [2.05, 4.69) is 33.7 Å². The molecule has 30 heavy (non-hydrogen) atoms. The van der Waals surface area contributed by atoms with Crippen molar-refractivity contribution in [2.75, 3.05) is 13.1 Å². The van der Waals surface area contributed by atoms with E-state index in [1.165, 1.54) is 18.4 Å². The van der Waals surface area contributed by atoms with Crippen molar-refractivity contribution in [2.24, 2.45) is 5.92 Å². The predicted molar refractivity (Wildman–Crippen MR) is 120 cm³/mol. The van der Waals surface area contributed by atoms with Gasteiger partial charge in [-0.05, 0) is 48.5 Å². The summed E-state index contributed by atoms with van der Waals surface area (Å²) in [6.07, 6.45) is 2.91. The first-order valence-electron chi connectivity index (χ1n) is 10.9. The maximum Gasteiger partial charge on any atom is 0.247 e. The fourth-order valence-electron chi connectivity index (χ4n) is 3.89. The number of amides is 2. The predicted octanol–water partition coefficient (Wildman–Crippen LogP) is 3.80. The molecule has 1 saturated heterocycles. The van der Waals surface area contributed by atoms with Gasteiger partial charge in [-0.2, -0.15) is 0 Å². The van der Waals surface area contributed by atoms with Crippen molar-refractivity contribution in [1.82, 2.24) is 15.5 Å². The normalized spacial score (nSPS) is 15.2. The molecule has 3 rings (SSSR count). The maximum atomic E-state index is 13.1. The summed E-state index contributed by atoms with van der Waals surface area (Å²) in [5.74, 6) is -0.0559. The molecule has 0 aromatic heterocycles. The highest BCUT2D eigenvalue weighted by Gasteiger charge is 2.23. The average Bonchev–Trinajstić information content (AvgIpc) is 3.24. The summed E-state index contributed by atoms with van der Waals surface area (Å²) in [5.41, 5.74) is 3.16. The molecule has 1 aliphatic rings. The van der Waals surface area contributed by atoms with Gasteiger partial charge in [0, 0.05) is 19.5 Å². The molecule has 2 aromatic carbocycles. The zero-order valence-corrected chi connectivity index (χ0v) is 18.1. The van der Waals surface area contributed by atoms with Gasteiger partial charge in [-0.25, -0.2) is 0 Å².